The van der Waals surface area contributed by atoms with Gasteiger partial charge in [-0.2, -0.15) is 5.26 Å². The van der Waals surface area contributed by atoms with Crippen LogP contribution >= 0.6 is 0 Å². The number of hydrogen-bond donors (Lipinski definition) is 0. The Morgan fingerprint density at radius 1 is 1.21 bits per heavy atom. The largest absolute Gasteiger partial charge is 0.493 e. The van der Waals surface area contributed by atoms with Gasteiger partial charge in [0.25, 0.3) is 5.91 Å². The molecule has 0 saturated heterocycles. The third-order valence-corrected chi connectivity index (χ3v) is 3.49. The normalized spacial score (nSPS) is 9.88. The minimum absolute atomic E-state index is 0.230. The van der Waals surface area contributed by atoms with Crippen molar-refractivity contribution < 1.29 is 14.3 Å². The molecule has 0 N–H and O–H groups in total. The van der Waals surface area contributed by atoms with Crippen molar-refractivity contribution in [3.05, 3.63) is 53.9 Å². The van der Waals surface area contributed by atoms with Crippen LogP contribution in [0.25, 0.3) is 0 Å². The predicted octanol–water partition coefficient (Wildman–Crippen LogP) is 2.65. The summed E-state index contributed by atoms with van der Waals surface area (Å²) in [7, 11) is 3.01. The first-order valence-corrected chi connectivity index (χ1v) is 7.48. The van der Waals surface area contributed by atoms with Gasteiger partial charge >= 0.3 is 0 Å². The standard InChI is InChI=1S/C18H19N3O3/c1-23-16-9-5-8-15(17(16)24-2)18(22)21(12-6-10-19)13-14-7-3-4-11-20-14/h3-5,7-9,11H,6,12-13H2,1-2H3. The van der Waals surface area contributed by atoms with E-state index in [4.69, 9.17) is 14.7 Å². The maximum Gasteiger partial charge on any atom is 0.258 e. The fourth-order valence-corrected chi connectivity index (χ4v) is 2.35. The molecule has 6 heteroatoms. The van der Waals surface area contributed by atoms with Crippen LogP contribution in [0.15, 0.2) is 42.6 Å². The molecule has 0 unspecified atom stereocenters. The molecule has 6 nitrogen and oxygen atoms in total. The van der Waals surface area contributed by atoms with Crippen LogP contribution in [-0.4, -0.2) is 36.6 Å². The Hall–Kier alpha value is -3.07. The van der Waals surface area contributed by atoms with E-state index < -0.39 is 0 Å². The molecule has 0 aliphatic heterocycles. The minimum Gasteiger partial charge on any atom is -0.493 e. The monoisotopic (exact) mass is 325 g/mol. The second-order valence-corrected chi connectivity index (χ2v) is 5.00. The van der Waals surface area contributed by atoms with Gasteiger partial charge in [0.05, 0.1) is 44.5 Å². The van der Waals surface area contributed by atoms with Crippen LogP contribution < -0.4 is 9.47 Å². The summed E-state index contributed by atoms with van der Waals surface area (Å²) in [6.07, 6.45) is 1.92. The molecule has 0 radical (unpaired) electrons. The van der Waals surface area contributed by atoms with E-state index in [-0.39, 0.29) is 12.3 Å². The summed E-state index contributed by atoms with van der Waals surface area (Å²) < 4.78 is 10.6. The van der Waals surface area contributed by atoms with Gasteiger partial charge in [-0.3, -0.25) is 9.78 Å². The zero-order chi connectivity index (χ0) is 17.4. The lowest BCUT2D eigenvalue weighted by Crippen LogP contribution is -2.32. The zero-order valence-electron chi connectivity index (χ0n) is 13.7. The number of ether oxygens (including phenoxy) is 2. The van der Waals surface area contributed by atoms with Gasteiger partial charge in [0.15, 0.2) is 11.5 Å². The molecule has 1 amide bonds. The fraction of sp³-hybridized carbons (Fsp3) is 0.278. The molecule has 0 atom stereocenters. The molecule has 0 aliphatic carbocycles. The first-order valence-electron chi connectivity index (χ1n) is 7.48. The Kier molecular flexibility index (Phi) is 6.15. The molecular weight excluding hydrogens is 306 g/mol. The number of amides is 1. The first-order chi connectivity index (χ1) is 11.7. The number of methoxy groups -OCH3 is 2. The predicted molar refractivity (Wildman–Crippen MR) is 88.8 cm³/mol. The van der Waals surface area contributed by atoms with E-state index in [1.54, 1.807) is 29.3 Å². The Morgan fingerprint density at radius 2 is 2.04 bits per heavy atom. The van der Waals surface area contributed by atoms with Gasteiger partial charge in [-0.1, -0.05) is 12.1 Å². The van der Waals surface area contributed by atoms with Crippen molar-refractivity contribution in [2.24, 2.45) is 0 Å². The zero-order valence-corrected chi connectivity index (χ0v) is 13.7. The summed E-state index contributed by atoms with van der Waals surface area (Å²) in [6, 6.07) is 12.7. The van der Waals surface area contributed by atoms with Crippen LogP contribution in [0.2, 0.25) is 0 Å². The second kappa shape index (κ2) is 8.53. The molecule has 0 fully saturated rings. The molecule has 1 heterocycles. The first kappa shape index (κ1) is 17.3. The highest BCUT2D eigenvalue weighted by atomic mass is 16.5. The quantitative estimate of drug-likeness (QED) is 0.782. The number of para-hydroxylation sites is 1. The van der Waals surface area contributed by atoms with Gasteiger partial charge in [-0.05, 0) is 24.3 Å². The summed E-state index contributed by atoms with van der Waals surface area (Å²) in [5.74, 6) is 0.640. The van der Waals surface area contributed by atoms with Crippen LogP contribution in [0.1, 0.15) is 22.5 Å². The third kappa shape index (κ3) is 4.02. The van der Waals surface area contributed by atoms with E-state index >= 15 is 0 Å². The molecule has 1 aromatic carbocycles. The number of aromatic nitrogens is 1. The molecule has 0 spiro atoms. The van der Waals surface area contributed by atoms with Crippen LogP contribution in [0.5, 0.6) is 11.5 Å². The number of nitrogens with zero attached hydrogens (tertiary/aromatic N) is 3. The summed E-state index contributed by atoms with van der Waals surface area (Å²) in [6.45, 7) is 0.633. The summed E-state index contributed by atoms with van der Waals surface area (Å²) in [4.78, 5) is 18.8. The molecule has 24 heavy (non-hydrogen) atoms. The Balaban J connectivity index is 2.32. The molecule has 0 bridgehead atoms. The summed E-state index contributed by atoms with van der Waals surface area (Å²) in [5.41, 5.74) is 1.15. The van der Waals surface area contributed by atoms with Crippen molar-refractivity contribution in [2.75, 3.05) is 20.8 Å². The number of rotatable bonds is 7. The highest BCUT2D eigenvalue weighted by molar-refractivity contribution is 5.97. The number of nitriles is 1. The summed E-state index contributed by atoms with van der Waals surface area (Å²) in [5, 5.41) is 8.87. The van der Waals surface area contributed by atoms with E-state index in [0.717, 1.165) is 5.69 Å². The topological polar surface area (TPSA) is 75.5 Å². The van der Waals surface area contributed by atoms with Crippen molar-refractivity contribution in [2.45, 2.75) is 13.0 Å². The minimum atomic E-state index is -0.230. The molecule has 0 aliphatic rings. The lowest BCUT2D eigenvalue weighted by molar-refractivity contribution is 0.0740. The number of carbonyl (C=O) groups excluding carboxylic acids is 1. The van der Waals surface area contributed by atoms with Crippen LogP contribution in [0.4, 0.5) is 0 Å². The van der Waals surface area contributed by atoms with E-state index in [1.165, 1.54) is 14.2 Å². The Labute approximate surface area is 141 Å². The van der Waals surface area contributed by atoms with E-state index in [2.05, 4.69) is 11.1 Å². The average Bonchev–Trinajstić information content (AvgIpc) is 2.64. The number of benzene rings is 1. The van der Waals surface area contributed by atoms with Gasteiger partial charge in [-0.15, -0.1) is 0 Å². The van der Waals surface area contributed by atoms with E-state index in [9.17, 15) is 4.79 Å². The maximum atomic E-state index is 13.0. The third-order valence-electron chi connectivity index (χ3n) is 3.49. The molecular formula is C18H19N3O3. The van der Waals surface area contributed by atoms with Gasteiger partial charge in [0.2, 0.25) is 0 Å². The SMILES string of the molecule is COc1cccc(C(=O)N(CCC#N)Cc2ccccn2)c1OC. The van der Waals surface area contributed by atoms with E-state index in [1.807, 2.05) is 18.2 Å². The van der Waals surface area contributed by atoms with Gasteiger partial charge in [0, 0.05) is 12.7 Å². The van der Waals surface area contributed by atoms with Crippen LogP contribution in [0.3, 0.4) is 0 Å². The van der Waals surface area contributed by atoms with Crippen molar-refractivity contribution in [1.29, 1.82) is 5.26 Å². The van der Waals surface area contributed by atoms with Crippen molar-refractivity contribution >= 4 is 5.91 Å². The lowest BCUT2D eigenvalue weighted by Gasteiger charge is -2.23. The molecule has 1 aromatic heterocycles. The fourth-order valence-electron chi connectivity index (χ4n) is 2.35. The van der Waals surface area contributed by atoms with Gasteiger partial charge in [-0.25, -0.2) is 0 Å². The Bertz CT molecular complexity index is 726. The second-order valence-electron chi connectivity index (χ2n) is 5.00. The van der Waals surface area contributed by atoms with Crippen LogP contribution in [0, 0.1) is 11.3 Å². The molecule has 124 valence electrons. The molecule has 2 rings (SSSR count). The number of pyridine rings is 1. The molecule has 2 aromatic rings. The van der Waals surface area contributed by atoms with E-state index in [0.29, 0.717) is 30.2 Å². The van der Waals surface area contributed by atoms with Gasteiger partial charge < -0.3 is 14.4 Å². The number of hydrogen-bond acceptors (Lipinski definition) is 5. The van der Waals surface area contributed by atoms with Crippen molar-refractivity contribution in [1.82, 2.24) is 9.88 Å². The van der Waals surface area contributed by atoms with Crippen LogP contribution in [-0.2, 0) is 6.54 Å². The highest BCUT2D eigenvalue weighted by Gasteiger charge is 2.22. The number of carbonyl (C=O) groups is 1. The maximum absolute atomic E-state index is 13.0. The van der Waals surface area contributed by atoms with Crippen molar-refractivity contribution in [3.63, 3.8) is 0 Å². The lowest BCUT2D eigenvalue weighted by atomic mass is 10.1. The molecule has 0 saturated carbocycles. The van der Waals surface area contributed by atoms with Gasteiger partial charge in [0.1, 0.15) is 0 Å². The average molecular weight is 325 g/mol. The Morgan fingerprint density at radius 3 is 2.67 bits per heavy atom. The van der Waals surface area contributed by atoms with Crippen molar-refractivity contribution in [3.8, 4) is 17.6 Å². The highest BCUT2D eigenvalue weighted by Crippen LogP contribution is 2.31. The smallest absolute Gasteiger partial charge is 0.258 e. The summed E-state index contributed by atoms with van der Waals surface area (Å²) >= 11 is 0.